The van der Waals surface area contributed by atoms with Gasteiger partial charge in [-0.15, -0.1) is 10.2 Å². The highest BCUT2D eigenvalue weighted by Gasteiger charge is 2.08. The molecule has 0 radical (unpaired) electrons. The molecule has 118 valence electrons. The molecule has 0 spiro atoms. The van der Waals surface area contributed by atoms with Gasteiger partial charge < -0.3 is 16.7 Å². The minimum atomic E-state index is 0.107. The van der Waals surface area contributed by atoms with Crippen LogP contribution in [0.5, 0.6) is 5.75 Å². The van der Waals surface area contributed by atoms with Crippen molar-refractivity contribution in [3.8, 4) is 28.8 Å². The van der Waals surface area contributed by atoms with Crippen molar-refractivity contribution in [1.29, 1.82) is 0 Å². The summed E-state index contributed by atoms with van der Waals surface area (Å²) in [7, 11) is 0. The van der Waals surface area contributed by atoms with E-state index >= 15 is 0 Å². The molecule has 0 unspecified atom stereocenters. The number of nitrogens with two attached hydrogens (primary N) is 2. The lowest BCUT2D eigenvalue weighted by Gasteiger charge is -2.04. The number of anilines is 1. The van der Waals surface area contributed by atoms with Crippen LogP contribution in [0.2, 0.25) is 0 Å². The van der Waals surface area contributed by atoms with Gasteiger partial charge in [0.2, 0.25) is 0 Å². The summed E-state index contributed by atoms with van der Waals surface area (Å²) in [5.41, 5.74) is 7.69. The van der Waals surface area contributed by atoms with Crippen LogP contribution in [-0.4, -0.2) is 21.5 Å². The number of phenols is 1. The number of benzene rings is 1. The first-order valence-electron chi connectivity index (χ1n) is 6.97. The van der Waals surface area contributed by atoms with Crippen molar-refractivity contribution < 1.29 is 5.11 Å². The molecule has 0 aliphatic carbocycles. The summed E-state index contributed by atoms with van der Waals surface area (Å²) >= 11 is 0. The second-order valence-corrected chi connectivity index (χ2v) is 4.10. The summed E-state index contributed by atoms with van der Waals surface area (Å²) < 4.78 is 0. The fourth-order valence-electron chi connectivity index (χ4n) is 1.59. The lowest BCUT2D eigenvalue weighted by Crippen LogP contribution is -1.99. The standard InChI is InChI=1S/C15H13N5O.C2H6/c1-10(9-18-17)6-7-11-8-13(19-20-15(11)16)12-4-2-3-5-14(12)21;1-2/h2-5,8-9,21H,1,17H2,(H2,16,20);1-2H3/b18-9-;. The van der Waals surface area contributed by atoms with E-state index in [9.17, 15) is 5.11 Å². The number of nitrogens with zero attached hydrogens (tertiary/aromatic N) is 3. The third-order valence-electron chi connectivity index (χ3n) is 2.59. The average molecular weight is 309 g/mol. The summed E-state index contributed by atoms with van der Waals surface area (Å²) in [5, 5.41) is 21.0. The monoisotopic (exact) mass is 309 g/mol. The van der Waals surface area contributed by atoms with Gasteiger partial charge in [0.05, 0.1) is 17.5 Å². The van der Waals surface area contributed by atoms with Gasteiger partial charge in [-0.2, -0.15) is 5.10 Å². The number of hydrogen-bond donors (Lipinski definition) is 3. The summed E-state index contributed by atoms with van der Waals surface area (Å²) in [6, 6.07) is 8.46. The molecule has 1 aromatic carbocycles. The number of nitrogen functional groups attached to an aromatic ring is 1. The second-order valence-electron chi connectivity index (χ2n) is 4.10. The molecule has 2 aromatic rings. The zero-order chi connectivity index (χ0) is 17.2. The molecule has 0 aliphatic heterocycles. The summed E-state index contributed by atoms with van der Waals surface area (Å²) in [6.45, 7) is 7.66. The Morgan fingerprint density at radius 3 is 2.65 bits per heavy atom. The molecule has 6 heteroatoms. The van der Waals surface area contributed by atoms with Gasteiger partial charge in [0.1, 0.15) is 5.75 Å². The Hall–Kier alpha value is -3.33. The van der Waals surface area contributed by atoms with E-state index in [-0.39, 0.29) is 11.6 Å². The van der Waals surface area contributed by atoms with Crippen LogP contribution in [0.25, 0.3) is 11.3 Å². The molecule has 0 bridgehead atoms. The minimum Gasteiger partial charge on any atom is -0.507 e. The number of para-hydroxylation sites is 1. The number of allylic oxidation sites excluding steroid dienone is 1. The van der Waals surface area contributed by atoms with Gasteiger partial charge in [-0.25, -0.2) is 0 Å². The topological polar surface area (TPSA) is 110 Å². The van der Waals surface area contributed by atoms with E-state index in [2.05, 4.69) is 33.7 Å². The largest absolute Gasteiger partial charge is 0.507 e. The third-order valence-corrected chi connectivity index (χ3v) is 2.59. The van der Waals surface area contributed by atoms with E-state index in [0.717, 1.165) is 0 Å². The van der Waals surface area contributed by atoms with Crippen LogP contribution >= 0.6 is 0 Å². The number of aromatic hydroxyl groups is 1. The van der Waals surface area contributed by atoms with Crippen LogP contribution in [0.4, 0.5) is 5.82 Å². The molecule has 1 heterocycles. The van der Waals surface area contributed by atoms with Crippen molar-refractivity contribution in [2.24, 2.45) is 10.9 Å². The Morgan fingerprint density at radius 2 is 2.00 bits per heavy atom. The van der Waals surface area contributed by atoms with Crippen LogP contribution in [0, 0.1) is 11.8 Å². The fourth-order valence-corrected chi connectivity index (χ4v) is 1.59. The Bertz CT molecular complexity index is 772. The Morgan fingerprint density at radius 1 is 1.30 bits per heavy atom. The quantitative estimate of drug-likeness (QED) is 0.341. The van der Waals surface area contributed by atoms with E-state index in [1.807, 2.05) is 13.8 Å². The molecular formula is C17H19N5O. The molecule has 2 rings (SSSR count). The molecule has 0 saturated carbocycles. The van der Waals surface area contributed by atoms with E-state index in [4.69, 9.17) is 11.6 Å². The van der Waals surface area contributed by atoms with Crippen molar-refractivity contribution in [2.75, 3.05) is 5.73 Å². The third kappa shape index (κ3) is 4.86. The highest BCUT2D eigenvalue weighted by atomic mass is 16.3. The van der Waals surface area contributed by atoms with Crippen LogP contribution < -0.4 is 11.6 Å². The van der Waals surface area contributed by atoms with Gasteiger partial charge in [-0.05, 0) is 18.2 Å². The molecule has 6 nitrogen and oxygen atoms in total. The SMILES string of the molecule is C=C(C#Cc1cc(-c2ccccc2O)nnc1N)/C=N\N.CC. The normalized spacial score (nSPS) is 9.48. The van der Waals surface area contributed by atoms with Crippen molar-refractivity contribution >= 4 is 12.0 Å². The second kappa shape index (κ2) is 8.85. The number of aromatic nitrogens is 2. The number of rotatable bonds is 2. The number of hydrogen-bond acceptors (Lipinski definition) is 6. The maximum Gasteiger partial charge on any atom is 0.161 e. The van der Waals surface area contributed by atoms with E-state index in [1.165, 1.54) is 6.21 Å². The number of hydrazone groups is 1. The minimum absolute atomic E-state index is 0.107. The predicted molar refractivity (Wildman–Crippen MR) is 93.6 cm³/mol. The maximum atomic E-state index is 9.83. The van der Waals surface area contributed by atoms with Gasteiger partial charge in [0.25, 0.3) is 0 Å². The van der Waals surface area contributed by atoms with Crippen LogP contribution in [0.3, 0.4) is 0 Å². The van der Waals surface area contributed by atoms with Crippen molar-refractivity contribution in [1.82, 2.24) is 10.2 Å². The smallest absolute Gasteiger partial charge is 0.161 e. The van der Waals surface area contributed by atoms with Crippen LogP contribution in [-0.2, 0) is 0 Å². The first kappa shape index (κ1) is 17.7. The summed E-state index contributed by atoms with van der Waals surface area (Å²) in [4.78, 5) is 0. The first-order chi connectivity index (χ1) is 11.1. The highest BCUT2D eigenvalue weighted by molar-refractivity contribution is 5.84. The molecule has 1 aromatic heterocycles. The van der Waals surface area contributed by atoms with Gasteiger partial charge in [-0.1, -0.05) is 44.4 Å². The van der Waals surface area contributed by atoms with Crippen LogP contribution in [0.15, 0.2) is 47.6 Å². The molecule has 0 atom stereocenters. The van der Waals surface area contributed by atoms with Crippen molar-refractivity contribution in [3.63, 3.8) is 0 Å². The fraction of sp³-hybridized carbons (Fsp3) is 0.118. The first-order valence-corrected chi connectivity index (χ1v) is 6.97. The average Bonchev–Trinajstić information content (AvgIpc) is 2.57. The summed E-state index contributed by atoms with van der Waals surface area (Å²) in [5.74, 6) is 10.9. The lowest BCUT2D eigenvalue weighted by atomic mass is 10.1. The zero-order valence-corrected chi connectivity index (χ0v) is 13.1. The van der Waals surface area contributed by atoms with E-state index < -0.39 is 0 Å². The predicted octanol–water partition coefficient (Wildman–Crippen LogP) is 2.31. The highest BCUT2D eigenvalue weighted by Crippen LogP contribution is 2.27. The Labute approximate surface area is 135 Å². The molecule has 0 fully saturated rings. The lowest BCUT2D eigenvalue weighted by molar-refractivity contribution is 0.477. The maximum absolute atomic E-state index is 9.83. The molecule has 5 N–H and O–H groups in total. The molecular weight excluding hydrogens is 290 g/mol. The van der Waals surface area contributed by atoms with E-state index in [1.54, 1.807) is 30.3 Å². The van der Waals surface area contributed by atoms with Gasteiger partial charge in [-0.3, -0.25) is 0 Å². The Balaban J connectivity index is 0.00000127. The van der Waals surface area contributed by atoms with Crippen LogP contribution in [0.1, 0.15) is 19.4 Å². The number of phenolic OH excluding ortho intramolecular Hbond substituents is 1. The Kier molecular flexibility index (Phi) is 6.82. The zero-order valence-electron chi connectivity index (χ0n) is 13.1. The van der Waals surface area contributed by atoms with Gasteiger partial charge in [0.15, 0.2) is 5.82 Å². The molecule has 0 amide bonds. The van der Waals surface area contributed by atoms with Crippen molar-refractivity contribution in [2.45, 2.75) is 13.8 Å². The summed E-state index contributed by atoms with van der Waals surface area (Å²) in [6.07, 6.45) is 1.34. The molecule has 23 heavy (non-hydrogen) atoms. The molecule has 0 saturated heterocycles. The van der Waals surface area contributed by atoms with Gasteiger partial charge in [0, 0.05) is 11.1 Å². The van der Waals surface area contributed by atoms with E-state index in [0.29, 0.717) is 22.4 Å². The van der Waals surface area contributed by atoms with Crippen molar-refractivity contribution in [3.05, 3.63) is 48.0 Å². The molecule has 0 aliphatic rings. The van der Waals surface area contributed by atoms with Gasteiger partial charge >= 0.3 is 0 Å².